The standard InChI is InChI=1S/C30H31F2NO3/c31-14-2-15-33-16-13-25(19-33)36-24-9-5-20(6-10-24)30-26-11-7-22(34)17-21(26)3-1-4-28(30)27-12-8-23(35)18-29(27)32/h5-12,17-18,25,34-35H,1-4,13-16,19H2/t25-/m0/s1. The molecule has 0 saturated carbocycles. The average Bonchev–Trinajstić information content (AvgIpc) is 3.22. The van der Waals surface area contributed by atoms with Gasteiger partial charge in [-0.15, -0.1) is 0 Å². The zero-order chi connectivity index (χ0) is 25.1. The molecular weight excluding hydrogens is 460 g/mol. The van der Waals surface area contributed by atoms with E-state index >= 15 is 4.39 Å². The van der Waals surface area contributed by atoms with Crippen molar-refractivity contribution in [2.45, 2.75) is 38.2 Å². The van der Waals surface area contributed by atoms with Gasteiger partial charge in [0, 0.05) is 31.3 Å². The van der Waals surface area contributed by atoms with Crippen LogP contribution in [0.4, 0.5) is 8.78 Å². The van der Waals surface area contributed by atoms with Crippen LogP contribution in [0.1, 0.15) is 47.9 Å². The van der Waals surface area contributed by atoms with Crippen molar-refractivity contribution in [3.63, 3.8) is 0 Å². The van der Waals surface area contributed by atoms with E-state index in [1.807, 2.05) is 30.3 Å². The molecule has 2 aliphatic rings. The number of rotatable bonds is 7. The first-order valence-corrected chi connectivity index (χ1v) is 12.6. The molecular formula is C30H31F2NO3. The highest BCUT2D eigenvalue weighted by atomic mass is 19.1. The number of allylic oxidation sites excluding steroid dienone is 1. The Morgan fingerprint density at radius 2 is 1.67 bits per heavy atom. The van der Waals surface area contributed by atoms with Crippen molar-refractivity contribution in [3.8, 4) is 17.2 Å². The molecule has 0 bridgehead atoms. The SMILES string of the molecule is Oc1ccc(C2=C(c3ccc(O[C@H]4CCN(CCCF)C4)cc3)c3ccc(O)cc3CCC2)c(F)c1. The fraction of sp³-hybridized carbons (Fsp3) is 0.333. The Kier molecular flexibility index (Phi) is 7.23. The summed E-state index contributed by atoms with van der Waals surface area (Å²) in [6, 6.07) is 17.6. The van der Waals surface area contributed by atoms with Crippen LogP contribution in [0.5, 0.6) is 17.2 Å². The molecule has 36 heavy (non-hydrogen) atoms. The molecule has 5 rings (SSSR count). The second-order valence-corrected chi connectivity index (χ2v) is 9.61. The predicted molar refractivity (Wildman–Crippen MR) is 138 cm³/mol. The van der Waals surface area contributed by atoms with Crippen LogP contribution in [-0.2, 0) is 6.42 Å². The summed E-state index contributed by atoms with van der Waals surface area (Å²) in [4.78, 5) is 2.24. The van der Waals surface area contributed by atoms with Crippen LogP contribution < -0.4 is 4.74 Å². The summed E-state index contributed by atoms with van der Waals surface area (Å²) in [5.74, 6) is 0.430. The largest absolute Gasteiger partial charge is 0.508 e. The number of aryl methyl sites for hydroxylation is 1. The minimum Gasteiger partial charge on any atom is -0.508 e. The highest BCUT2D eigenvalue weighted by molar-refractivity contribution is 6.00. The van der Waals surface area contributed by atoms with E-state index in [9.17, 15) is 14.6 Å². The Morgan fingerprint density at radius 1 is 0.917 bits per heavy atom. The lowest BCUT2D eigenvalue weighted by atomic mass is 9.87. The van der Waals surface area contributed by atoms with Crippen LogP contribution >= 0.6 is 0 Å². The number of likely N-dealkylation sites (tertiary alicyclic amines) is 1. The number of hydrogen-bond donors (Lipinski definition) is 2. The molecule has 0 unspecified atom stereocenters. The Balaban J connectivity index is 1.49. The van der Waals surface area contributed by atoms with E-state index in [0.717, 1.165) is 78.5 Å². The summed E-state index contributed by atoms with van der Waals surface area (Å²) in [6.45, 7) is 2.18. The molecule has 1 heterocycles. The fourth-order valence-electron chi connectivity index (χ4n) is 5.39. The van der Waals surface area contributed by atoms with E-state index in [1.165, 1.54) is 6.07 Å². The van der Waals surface area contributed by atoms with E-state index < -0.39 is 5.82 Å². The molecule has 0 amide bonds. The lowest BCUT2D eigenvalue weighted by Crippen LogP contribution is -2.26. The van der Waals surface area contributed by atoms with Gasteiger partial charge in [-0.1, -0.05) is 18.2 Å². The molecule has 3 aromatic rings. The molecule has 4 nitrogen and oxygen atoms in total. The summed E-state index contributed by atoms with van der Waals surface area (Å²) < 4.78 is 33.7. The summed E-state index contributed by atoms with van der Waals surface area (Å²) in [6.07, 6.45) is 3.81. The van der Waals surface area contributed by atoms with Crippen LogP contribution in [-0.4, -0.2) is 47.5 Å². The topological polar surface area (TPSA) is 52.9 Å². The van der Waals surface area contributed by atoms with Crippen molar-refractivity contribution >= 4 is 11.1 Å². The Bertz CT molecular complexity index is 1260. The number of fused-ring (bicyclic) bond motifs is 1. The van der Waals surface area contributed by atoms with Crippen LogP contribution in [0.3, 0.4) is 0 Å². The molecule has 2 N–H and O–H groups in total. The maximum absolute atomic E-state index is 15.0. The van der Waals surface area contributed by atoms with Crippen molar-refractivity contribution in [1.82, 2.24) is 4.90 Å². The number of phenols is 2. The lowest BCUT2D eigenvalue weighted by Gasteiger charge is -2.19. The minimum absolute atomic E-state index is 0.0814. The highest BCUT2D eigenvalue weighted by Gasteiger charge is 2.25. The molecule has 3 aromatic carbocycles. The first-order chi connectivity index (χ1) is 17.5. The Hall–Kier alpha value is -3.38. The minimum atomic E-state index is -0.455. The summed E-state index contributed by atoms with van der Waals surface area (Å²) in [5.41, 5.74) is 5.22. The highest BCUT2D eigenvalue weighted by Crippen LogP contribution is 2.42. The maximum Gasteiger partial charge on any atom is 0.134 e. The number of ether oxygens (including phenoxy) is 1. The number of nitrogens with zero attached hydrogens (tertiary/aromatic N) is 1. The van der Waals surface area contributed by atoms with Crippen LogP contribution in [0, 0.1) is 5.82 Å². The monoisotopic (exact) mass is 491 g/mol. The third-order valence-corrected chi connectivity index (χ3v) is 7.09. The van der Waals surface area contributed by atoms with E-state index in [1.54, 1.807) is 18.2 Å². The predicted octanol–water partition coefficient (Wildman–Crippen LogP) is 6.35. The van der Waals surface area contributed by atoms with Gasteiger partial charge in [-0.25, -0.2) is 4.39 Å². The van der Waals surface area contributed by atoms with Gasteiger partial charge in [0.25, 0.3) is 0 Å². The van der Waals surface area contributed by atoms with Crippen molar-refractivity contribution in [2.75, 3.05) is 26.3 Å². The molecule has 0 spiro atoms. The molecule has 1 fully saturated rings. The van der Waals surface area contributed by atoms with Crippen molar-refractivity contribution < 1.29 is 23.7 Å². The summed E-state index contributed by atoms with van der Waals surface area (Å²) >= 11 is 0. The van der Waals surface area contributed by atoms with Gasteiger partial charge in [0.05, 0.1) is 6.67 Å². The average molecular weight is 492 g/mol. The van der Waals surface area contributed by atoms with Gasteiger partial charge in [0.2, 0.25) is 0 Å². The zero-order valence-corrected chi connectivity index (χ0v) is 20.2. The van der Waals surface area contributed by atoms with Crippen molar-refractivity contribution in [2.24, 2.45) is 0 Å². The van der Waals surface area contributed by atoms with E-state index in [0.29, 0.717) is 18.4 Å². The van der Waals surface area contributed by atoms with Gasteiger partial charge < -0.3 is 14.9 Å². The molecule has 1 saturated heterocycles. The quantitative estimate of drug-likeness (QED) is 0.405. The third-order valence-electron chi connectivity index (χ3n) is 7.09. The van der Waals surface area contributed by atoms with Crippen LogP contribution in [0.15, 0.2) is 60.7 Å². The van der Waals surface area contributed by atoms with E-state index in [-0.39, 0.29) is 24.3 Å². The third kappa shape index (κ3) is 5.24. The van der Waals surface area contributed by atoms with Crippen molar-refractivity contribution in [1.29, 1.82) is 0 Å². The summed E-state index contributed by atoms with van der Waals surface area (Å²) in [5, 5.41) is 19.8. The molecule has 0 radical (unpaired) electrons. The van der Waals surface area contributed by atoms with Gasteiger partial charge in [-0.2, -0.15) is 0 Å². The van der Waals surface area contributed by atoms with Crippen LogP contribution in [0.25, 0.3) is 11.1 Å². The molecule has 188 valence electrons. The maximum atomic E-state index is 15.0. The number of phenolic OH excluding ortho intramolecular Hbond substituents is 2. The first kappa shape index (κ1) is 24.3. The lowest BCUT2D eigenvalue weighted by molar-refractivity contribution is 0.198. The van der Waals surface area contributed by atoms with Gasteiger partial charge >= 0.3 is 0 Å². The van der Waals surface area contributed by atoms with Gasteiger partial charge in [0.1, 0.15) is 29.2 Å². The Morgan fingerprint density at radius 3 is 2.42 bits per heavy atom. The molecule has 1 atom stereocenters. The summed E-state index contributed by atoms with van der Waals surface area (Å²) in [7, 11) is 0. The number of aromatic hydroxyl groups is 2. The van der Waals surface area contributed by atoms with Gasteiger partial charge in [-0.05, 0) is 96.3 Å². The fourth-order valence-corrected chi connectivity index (χ4v) is 5.39. The normalized spacial score (nSPS) is 18.2. The molecule has 0 aromatic heterocycles. The number of halogens is 2. The smallest absolute Gasteiger partial charge is 0.134 e. The number of hydrogen-bond acceptors (Lipinski definition) is 4. The van der Waals surface area contributed by atoms with Gasteiger partial charge in [-0.3, -0.25) is 9.29 Å². The molecule has 1 aliphatic heterocycles. The van der Waals surface area contributed by atoms with Crippen molar-refractivity contribution in [3.05, 3.63) is 88.7 Å². The second-order valence-electron chi connectivity index (χ2n) is 9.61. The van der Waals surface area contributed by atoms with Gasteiger partial charge in [0.15, 0.2) is 0 Å². The second kappa shape index (κ2) is 10.7. The number of benzene rings is 3. The number of alkyl halides is 1. The molecule has 1 aliphatic carbocycles. The molecule has 6 heteroatoms. The zero-order valence-electron chi connectivity index (χ0n) is 20.2. The van der Waals surface area contributed by atoms with Crippen LogP contribution in [0.2, 0.25) is 0 Å². The first-order valence-electron chi connectivity index (χ1n) is 12.6. The van der Waals surface area contributed by atoms with E-state index in [2.05, 4.69) is 4.90 Å². The van der Waals surface area contributed by atoms with E-state index in [4.69, 9.17) is 4.74 Å². The Labute approximate surface area is 210 Å².